The van der Waals surface area contributed by atoms with Crippen molar-refractivity contribution in [2.45, 2.75) is 37.4 Å². The van der Waals surface area contributed by atoms with Gasteiger partial charge < -0.3 is 23.7 Å². The van der Waals surface area contributed by atoms with Gasteiger partial charge in [-0.25, -0.2) is 0 Å². The van der Waals surface area contributed by atoms with Gasteiger partial charge in [-0.15, -0.1) is 0 Å². The minimum absolute atomic E-state index is 0.0531. The van der Waals surface area contributed by atoms with Crippen LogP contribution in [0.15, 0.2) is 17.3 Å². The average Bonchev–Trinajstić information content (AvgIpc) is 3.33. The molecular weight excluding hydrogens is 424 g/mol. The van der Waals surface area contributed by atoms with Gasteiger partial charge in [-0.05, 0) is 36.4 Å². The van der Waals surface area contributed by atoms with Crippen LogP contribution in [0.3, 0.4) is 0 Å². The molecule has 0 spiro atoms. The standard InChI is InChI=1S/C20H24N4O6S/c1-19-7-6-11(30-17-21-12(26-2)8-13(22-17)27-3)20(19,10-19)16(25)31-18-23-14(28-4)9-15(24-18)29-5/h8-9,11H,6-7,10H2,1-5H3. The quantitative estimate of drug-likeness (QED) is 0.438. The van der Waals surface area contributed by atoms with E-state index in [0.29, 0.717) is 29.9 Å². The summed E-state index contributed by atoms with van der Waals surface area (Å²) in [6.07, 6.45) is 1.93. The molecule has 2 aliphatic rings. The van der Waals surface area contributed by atoms with Crippen molar-refractivity contribution in [3.63, 3.8) is 0 Å². The number of aromatic nitrogens is 4. The summed E-state index contributed by atoms with van der Waals surface area (Å²) < 4.78 is 26.9. The summed E-state index contributed by atoms with van der Waals surface area (Å²) in [4.78, 5) is 30.5. The van der Waals surface area contributed by atoms with Crippen LogP contribution in [-0.2, 0) is 4.79 Å². The van der Waals surface area contributed by atoms with Crippen LogP contribution >= 0.6 is 11.8 Å². The first-order valence-electron chi connectivity index (χ1n) is 9.70. The third-order valence-corrected chi connectivity index (χ3v) is 6.99. The van der Waals surface area contributed by atoms with E-state index in [2.05, 4.69) is 26.9 Å². The molecule has 11 heteroatoms. The van der Waals surface area contributed by atoms with E-state index >= 15 is 0 Å². The average molecular weight is 449 g/mol. The molecule has 0 aromatic carbocycles. The highest BCUT2D eigenvalue weighted by atomic mass is 32.2. The molecule has 2 aliphatic carbocycles. The van der Waals surface area contributed by atoms with Crippen molar-refractivity contribution in [1.29, 1.82) is 0 Å². The number of carbonyl (C=O) groups is 1. The van der Waals surface area contributed by atoms with Crippen LogP contribution < -0.4 is 23.7 Å². The van der Waals surface area contributed by atoms with Gasteiger partial charge in [0.05, 0.1) is 46.0 Å². The fourth-order valence-corrected chi connectivity index (χ4v) is 5.35. The topological polar surface area (TPSA) is 115 Å². The van der Waals surface area contributed by atoms with Gasteiger partial charge in [0.2, 0.25) is 33.8 Å². The van der Waals surface area contributed by atoms with Crippen LogP contribution in [0.1, 0.15) is 26.2 Å². The molecular formula is C20H24N4O6S. The van der Waals surface area contributed by atoms with Crippen molar-refractivity contribution in [2.75, 3.05) is 28.4 Å². The van der Waals surface area contributed by atoms with Crippen LogP contribution in [0.2, 0.25) is 0 Å². The maximum absolute atomic E-state index is 13.5. The molecule has 0 bridgehead atoms. The van der Waals surface area contributed by atoms with Crippen LogP contribution in [-0.4, -0.2) is 59.6 Å². The zero-order valence-electron chi connectivity index (χ0n) is 18.0. The lowest BCUT2D eigenvalue weighted by Gasteiger charge is -2.23. The molecule has 2 heterocycles. The molecule has 3 atom stereocenters. The van der Waals surface area contributed by atoms with Crippen molar-refractivity contribution in [3.8, 4) is 29.5 Å². The van der Waals surface area contributed by atoms with Gasteiger partial charge in [0.1, 0.15) is 6.10 Å². The van der Waals surface area contributed by atoms with E-state index in [-0.39, 0.29) is 27.8 Å². The first kappa shape index (κ1) is 21.4. The molecule has 3 unspecified atom stereocenters. The predicted octanol–water partition coefficient (Wildman–Crippen LogP) is 2.56. The van der Waals surface area contributed by atoms with Crippen molar-refractivity contribution >= 4 is 16.9 Å². The number of fused-ring (bicyclic) bond motifs is 1. The summed E-state index contributed by atoms with van der Waals surface area (Å²) in [5.74, 6) is 1.30. The molecule has 2 aromatic heterocycles. The Kier molecular flexibility index (Phi) is 5.54. The minimum Gasteiger partial charge on any atom is -0.481 e. The third kappa shape index (κ3) is 3.71. The highest BCUT2D eigenvalue weighted by molar-refractivity contribution is 8.13. The second-order valence-corrected chi connectivity index (χ2v) is 8.65. The summed E-state index contributed by atoms with van der Waals surface area (Å²) in [7, 11) is 6.00. The molecule has 31 heavy (non-hydrogen) atoms. The number of thioether (sulfide) groups is 1. The fourth-order valence-electron chi connectivity index (χ4n) is 4.28. The summed E-state index contributed by atoms with van der Waals surface area (Å²) in [6.45, 7) is 2.11. The number of methoxy groups -OCH3 is 4. The zero-order valence-corrected chi connectivity index (χ0v) is 18.8. The van der Waals surface area contributed by atoms with E-state index in [1.165, 1.54) is 28.4 Å². The SMILES string of the molecule is COc1cc(OC)nc(OC2CCC3(C)CC23C(=O)Sc2nc(OC)cc(OC)n2)n1. The van der Waals surface area contributed by atoms with Crippen molar-refractivity contribution in [1.82, 2.24) is 19.9 Å². The minimum atomic E-state index is -0.670. The molecule has 166 valence electrons. The first-order valence-corrected chi connectivity index (χ1v) is 10.5. The second kappa shape index (κ2) is 8.03. The Hall–Kier alpha value is -2.82. The van der Waals surface area contributed by atoms with E-state index in [1.54, 1.807) is 12.1 Å². The Labute approximate surface area is 184 Å². The number of nitrogens with zero attached hydrogens (tertiary/aromatic N) is 4. The number of rotatable bonds is 8. The normalized spacial score (nSPS) is 26.0. The maximum atomic E-state index is 13.5. The number of ether oxygens (including phenoxy) is 5. The van der Waals surface area contributed by atoms with Gasteiger partial charge in [0.15, 0.2) is 0 Å². The Balaban J connectivity index is 1.58. The Morgan fingerprint density at radius 2 is 1.45 bits per heavy atom. The smallest absolute Gasteiger partial charge is 0.323 e. The zero-order chi connectivity index (χ0) is 22.2. The van der Waals surface area contributed by atoms with E-state index in [1.807, 2.05) is 0 Å². The molecule has 0 saturated heterocycles. The Morgan fingerprint density at radius 1 is 0.935 bits per heavy atom. The van der Waals surface area contributed by atoms with Crippen LogP contribution in [0, 0.1) is 10.8 Å². The van der Waals surface area contributed by atoms with Gasteiger partial charge in [0, 0.05) is 0 Å². The molecule has 4 rings (SSSR count). The van der Waals surface area contributed by atoms with E-state index in [0.717, 1.165) is 24.6 Å². The lowest BCUT2D eigenvalue weighted by Crippen LogP contribution is -2.33. The molecule has 0 radical (unpaired) electrons. The van der Waals surface area contributed by atoms with E-state index in [4.69, 9.17) is 23.7 Å². The van der Waals surface area contributed by atoms with Crippen LogP contribution in [0.4, 0.5) is 0 Å². The van der Waals surface area contributed by atoms with Crippen molar-refractivity contribution < 1.29 is 28.5 Å². The first-order chi connectivity index (χ1) is 14.9. The lowest BCUT2D eigenvalue weighted by atomic mass is 9.98. The van der Waals surface area contributed by atoms with E-state index < -0.39 is 5.41 Å². The molecule has 0 N–H and O–H groups in total. The van der Waals surface area contributed by atoms with Gasteiger partial charge in [-0.2, -0.15) is 19.9 Å². The van der Waals surface area contributed by atoms with E-state index in [9.17, 15) is 4.79 Å². The summed E-state index contributed by atoms with van der Waals surface area (Å²) in [5, 5.41) is 0.220. The van der Waals surface area contributed by atoms with Gasteiger partial charge in [-0.1, -0.05) is 6.92 Å². The fraction of sp³-hybridized carbons (Fsp3) is 0.550. The van der Waals surface area contributed by atoms with Crippen molar-refractivity contribution in [3.05, 3.63) is 12.1 Å². The van der Waals surface area contributed by atoms with Crippen LogP contribution in [0.25, 0.3) is 0 Å². The predicted molar refractivity (Wildman–Crippen MR) is 110 cm³/mol. The second-order valence-electron chi connectivity index (χ2n) is 7.71. The van der Waals surface area contributed by atoms with Crippen LogP contribution in [0.5, 0.6) is 29.5 Å². The molecule has 10 nitrogen and oxygen atoms in total. The van der Waals surface area contributed by atoms with Crippen molar-refractivity contribution in [2.24, 2.45) is 10.8 Å². The van der Waals surface area contributed by atoms with Gasteiger partial charge in [0.25, 0.3) is 0 Å². The third-order valence-electron chi connectivity index (χ3n) is 6.08. The Bertz CT molecular complexity index is 963. The number of hydrogen-bond donors (Lipinski definition) is 0. The molecule has 2 aromatic rings. The number of hydrogen-bond acceptors (Lipinski definition) is 11. The number of carbonyl (C=O) groups excluding carboxylic acids is 1. The summed E-state index contributed by atoms with van der Waals surface area (Å²) in [5.41, 5.74) is -0.815. The highest BCUT2D eigenvalue weighted by Crippen LogP contribution is 2.75. The summed E-state index contributed by atoms with van der Waals surface area (Å²) in [6, 6.07) is 3.24. The molecule has 2 fully saturated rings. The monoisotopic (exact) mass is 448 g/mol. The maximum Gasteiger partial charge on any atom is 0.323 e. The molecule has 2 saturated carbocycles. The molecule has 0 amide bonds. The van der Waals surface area contributed by atoms with Gasteiger partial charge >= 0.3 is 6.01 Å². The molecule has 0 aliphatic heterocycles. The largest absolute Gasteiger partial charge is 0.481 e. The Morgan fingerprint density at radius 3 is 1.94 bits per heavy atom. The highest BCUT2D eigenvalue weighted by Gasteiger charge is 2.76. The lowest BCUT2D eigenvalue weighted by molar-refractivity contribution is -0.119. The summed E-state index contributed by atoms with van der Waals surface area (Å²) >= 11 is 0.977. The van der Waals surface area contributed by atoms with Gasteiger partial charge in [-0.3, -0.25) is 4.79 Å².